The Bertz CT molecular complexity index is 252. The van der Waals surface area contributed by atoms with Crippen molar-refractivity contribution in [3.8, 4) is 0 Å². The van der Waals surface area contributed by atoms with Gasteiger partial charge in [0, 0.05) is 12.6 Å². The summed E-state index contributed by atoms with van der Waals surface area (Å²) in [5, 5.41) is 0. The van der Waals surface area contributed by atoms with Crippen LogP contribution in [0.5, 0.6) is 0 Å². The Morgan fingerprint density at radius 1 is 1.06 bits per heavy atom. The predicted molar refractivity (Wildman–Crippen MR) is 77.1 cm³/mol. The van der Waals surface area contributed by atoms with Crippen molar-refractivity contribution in [3.05, 3.63) is 23.9 Å². The van der Waals surface area contributed by atoms with Crippen LogP contribution in [0.25, 0.3) is 0 Å². The van der Waals surface area contributed by atoms with Crippen LogP contribution >= 0.6 is 0 Å². The molecule has 0 saturated heterocycles. The second-order valence-corrected chi connectivity index (χ2v) is 5.12. The Hall–Kier alpha value is -0.720. The lowest BCUT2D eigenvalue weighted by Crippen LogP contribution is -2.32. The average Bonchev–Trinajstić information content (AvgIpc) is 2.35. The SMILES string of the molecule is CCCCCCCCN1C=CC=C(CC)C1C. The number of unbranched alkanes of at least 4 members (excludes halogenated alkanes) is 5. The van der Waals surface area contributed by atoms with Crippen LogP contribution in [-0.4, -0.2) is 17.5 Å². The van der Waals surface area contributed by atoms with Crippen molar-refractivity contribution < 1.29 is 0 Å². The quantitative estimate of drug-likeness (QED) is 0.541. The molecular weight excluding hydrogens is 206 g/mol. The molecule has 1 atom stereocenters. The van der Waals surface area contributed by atoms with Crippen LogP contribution in [0.15, 0.2) is 23.9 Å². The van der Waals surface area contributed by atoms with Crippen LogP contribution < -0.4 is 0 Å². The van der Waals surface area contributed by atoms with Crippen LogP contribution in [0.1, 0.15) is 65.7 Å². The van der Waals surface area contributed by atoms with Gasteiger partial charge in [0.1, 0.15) is 0 Å². The monoisotopic (exact) mass is 235 g/mol. The third-order valence-electron chi connectivity index (χ3n) is 3.80. The minimum Gasteiger partial charge on any atom is -0.371 e. The molecule has 1 aliphatic heterocycles. The van der Waals surface area contributed by atoms with Gasteiger partial charge in [-0.2, -0.15) is 0 Å². The highest BCUT2D eigenvalue weighted by molar-refractivity contribution is 5.22. The number of rotatable bonds is 8. The zero-order valence-corrected chi connectivity index (χ0v) is 11.9. The van der Waals surface area contributed by atoms with Gasteiger partial charge in [0.15, 0.2) is 0 Å². The highest BCUT2D eigenvalue weighted by Gasteiger charge is 2.15. The lowest BCUT2D eigenvalue weighted by molar-refractivity contribution is 0.307. The van der Waals surface area contributed by atoms with Crippen molar-refractivity contribution >= 4 is 0 Å². The molecule has 0 amide bonds. The number of allylic oxidation sites excluding steroid dienone is 2. The minimum absolute atomic E-state index is 0.612. The first-order valence-corrected chi connectivity index (χ1v) is 7.42. The molecule has 1 nitrogen and oxygen atoms in total. The molecule has 98 valence electrons. The highest BCUT2D eigenvalue weighted by Crippen LogP contribution is 2.19. The van der Waals surface area contributed by atoms with Crippen LogP contribution in [0.3, 0.4) is 0 Å². The van der Waals surface area contributed by atoms with Crippen LogP contribution in [0, 0.1) is 0 Å². The lowest BCUT2D eigenvalue weighted by atomic mass is 10.0. The summed E-state index contributed by atoms with van der Waals surface area (Å²) in [6.45, 7) is 8.08. The van der Waals surface area contributed by atoms with Crippen LogP contribution in [0.2, 0.25) is 0 Å². The van der Waals surface area contributed by atoms with Gasteiger partial charge in [-0.3, -0.25) is 0 Å². The van der Waals surface area contributed by atoms with E-state index in [0.717, 1.165) is 0 Å². The zero-order chi connectivity index (χ0) is 12.5. The predicted octanol–water partition coefficient (Wildman–Crippen LogP) is 4.90. The maximum absolute atomic E-state index is 2.50. The molecule has 1 aliphatic rings. The average molecular weight is 235 g/mol. The number of hydrogen-bond acceptors (Lipinski definition) is 1. The molecule has 0 aromatic rings. The molecule has 1 rings (SSSR count). The van der Waals surface area contributed by atoms with E-state index >= 15 is 0 Å². The lowest BCUT2D eigenvalue weighted by Gasteiger charge is -2.32. The van der Waals surface area contributed by atoms with Crippen molar-refractivity contribution in [1.82, 2.24) is 4.90 Å². The molecule has 0 fully saturated rings. The number of hydrogen-bond donors (Lipinski definition) is 0. The molecule has 0 saturated carbocycles. The highest BCUT2D eigenvalue weighted by atomic mass is 15.1. The largest absolute Gasteiger partial charge is 0.371 e. The fraction of sp³-hybridized carbons (Fsp3) is 0.750. The summed E-state index contributed by atoms with van der Waals surface area (Å²) >= 11 is 0. The Kier molecular flexibility index (Phi) is 7.07. The summed E-state index contributed by atoms with van der Waals surface area (Å²) in [4.78, 5) is 2.50. The van der Waals surface area contributed by atoms with Gasteiger partial charge in [-0.15, -0.1) is 0 Å². The smallest absolute Gasteiger partial charge is 0.0471 e. The van der Waals surface area contributed by atoms with E-state index in [4.69, 9.17) is 0 Å². The molecular formula is C16H29N. The van der Waals surface area contributed by atoms with Gasteiger partial charge in [-0.1, -0.05) is 52.0 Å². The molecule has 1 heterocycles. The Balaban J connectivity index is 2.15. The molecule has 0 bridgehead atoms. The summed E-state index contributed by atoms with van der Waals surface area (Å²) in [5.74, 6) is 0. The number of nitrogens with zero attached hydrogens (tertiary/aromatic N) is 1. The fourth-order valence-corrected chi connectivity index (χ4v) is 2.51. The van der Waals surface area contributed by atoms with Crippen LogP contribution in [0.4, 0.5) is 0 Å². The topological polar surface area (TPSA) is 3.24 Å². The first-order valence-electron chi connectivity index (χ1n) is 7.42. The minimum atomic E-state index is 0.612. The Morgan fingerprint density at radius 2 is 1.76 bits per heavy atom. The van der Waals surface area contributed by atoms with E-state index in [2.05, 4.69) is 44.0 Å². The second-order valence-electron chi connectivity index (χ2n) is 5.12. The van der Waals surface area contributed by atoms with E-state index in [9.17, 15) is 0 Å². The van der Waals surface area contributed by atoms with Gasteiger partial charge in [-0.25, -0.2) is 0 Å². The van der Waals surface area contributed by atoms with Gasteiger partial charge in [-0.05, 0) is 37.6 Å². The van der Waals surface area contributed by atoms with E-state index in [-0.39, 0.29) is 0 Å². The summed E-state index contributed by atoms with van der Waals surface area (Å²) < 4.78 is 0. The van der Waals surface area contributed by atoms with E-state index in [1.165, 1.54) is 51.5 Å². The third-order valence-corrected chi connectivity index (χ3v) is 3.80. The Labute approximate surface area is 108 Å². The second kappa shape index (κ2) is 8.38. The van der Waals surface area contributed by atoms with Crippen molar-refractivity contribution in [3.63, 3.8) is 0 Å². The molecule has 0 aromatic heterocycles. The van der Waals surface area contributed by atoms with Gasteiger partial charge in [0.25, 0.3) is 0 Å². The fourth-order valence-electron chi connectivity index (χ4n) is 2.51. The normalized spacial score (nSPS) is 19.6. The third kappa shape index (κ3) is 4.97. The van der Waals surface area contributed by atoms with Gasteiger partial charge in [0.2, 0.25) is 0 Å². The van der Waals surface area contributed by atoms with E-state index < -0.39 is 0 Å². The maximum atomic E-state index is 2.50. The van der Waals surface area contributed by atoms with Crippen molar-refractivity contribution in [2.75, 3.05) is 6.54 Å². The molecule has 0 aliphatic carbocycles. The van der Waals surface area contributed by atoms with Crippen molar-refractivity contribution in [2.24, 2.45) is 0 Å². The molecule has 1 unspecified atom stereocenters. The first-order chi connectivity index (χ1) is 8.29. The van der Waals surface area contributed by atoms with E-state index in [1.54, 1.807) is 5.57 Å². The van der Waals surface area contributed by atoms with Crippen LogP contribution in [-0.2, 0) is 0 Å². The molecule has 0 spiro atoms. The first kappa shape index (κ1) is 14.3. The molecule has 0 N–H and O–H groups in total. The van der Waals surface area contributed by atoms with Crippen molar-refractivity contribution in [2.45, 2.75) is 71.8 Å². The van der Waals surface area contributed by atoms with Crippen molar-refractivity contribution in [1.29, 1.82) is 0 Å². The van der Waals surface area contributed by atoms with E-state index in [0.29, 0.717) is 6.04 Å². The standard InChI is InChI=1S/C16H29N/c1-4-6-7-8-9-10-13-17-14-11-12-16(5-2)15(17)3/h11-12,14-15H,4-10,13H2,1-3H3. The molecule has 0 aromatic carbocycles. The summed E-state index contributed by atoms with van der Waals surface area (Å²) in [6.07, 6.45) is 16.2. The van der Waals surface area contributed by atoms with Gasteiger partial charge in [0.05, 0.1) is 0 Å². The molecule has 1 heteroatoms. The molecule has 0 radical (unpaired) electrons. The zero-order valence-electron chi connectivity index (χ0n) is 11.9. The van der Waals surface area contributed by atoms with Gasteiger partial charge < -0.3 is 4.90 Å². The summed E-state index contributed by atoms with van der Waals surface area (Å²) in [7, 11) is 0. The Morgan fingerprint density at radius 3 is 2.47 bits per heavy atom. The van der Waals surface area contributed by atoms with E-state index in [1.807, 2.05) is 0 Å². The van der Waals surface area contributed by atoms with Gasteiger partial charge >= 0.3 is 0 Å². The summed E-state index contributed by atoms with van der Waals surface area (Å²) in [6, 6.07) is 0.612. The maximum Gasteiger partial charge on any atom is 0.0471 e. The summed E-state index contributed by atoms with van der Waals surface area (Å²) in [5.41, 5.74) is 1.57. The molecule has 17 heavy (non-hydrogen) atoms.